The second-order valence-corrected chi connectivity index (χ2v) is 7.40. The average Bonchev–Trinajstić information content (AvgIpc) is 2.28. The third-order valence-electron chi connectivity index (χ3n) is 3.48. The third kappa shape index (κ3) is 16.0. The Hall–Kier alpha value is -0.0400. The maximum Gasteiger partial charge on any atom is 0.00411 e. The molecule has 0 amide bonds. The fourth-order valence-electron chi connectivity index (χ4n) is 2.99. The summed E-state index contributed by atoms with van der Waals surface area (Å²) in [6, 6.07) is 0.670. The van der Waals surface area contributed by atoms with Gasteiger partial charge in [0.1, 0.15) is 0 Å². The van der Waals surface area contributed by atoms with Gasteiger partial charge < -0.3 is 5.32 Å². The Bertz CT molecular complexity index is 174. The molecule has 0 saturated carbocycles. The van der Waals surface area contributed by atoms with Gasteiger partial charge in [-0.1, -0.05) is 55.4 Å². The molecule has 0 aromatic carbocycles. The van der Waals surface area contributed by atoms with Crippen molar-refractivity contribution < 1.29 is 0 Å². The number of nitrogens with one attached hydrogen (secondary N) is 1. The van der Waals surface area contributed by atoms with Crippen molar-refractivity contribution in [1.82, 2.24) is 5.32 Å². The van der Waals surface area contributed by atoms with Crippen LogP contribution in [0.5, 0.6) is 0 Å². The Morgan fingerprint density at radius 1 is 0.650 bits per heavy atom. The molecule has 0 aliphatic carbocycles. The van der Waals surface area contributed by atoms with Gasteiger partial charge in [0, 0.05) is 6.04 Å². The predicted octanol–water partition coefficient (Wildman–Crippen LogP) is 6.14. The summed E-state index contributed by atoms with van der Waals surface area (Å²) < 4.78 is 0. The summed E-state index contributed by atoms with van der Waals surface area (Å²) in [5.74, 6) is 3.38. The van der Waals surface area contributed by atoms with Gasteiger partial charge in [-0.25, -0.2) is 0 Å². The standard InChI is InChI=1S/C17H37N.C2H6/c1-13(2)10-16(7)18-9-8-17(11-14(3)4)12-15(5)6;1-2/h13-18H,8-12H2,1-7H3;1-2H3. The van der Waals surface area contributed by atoms with Crippen molar-refractivity contribution in [2.24, 2.45) is 23.7 Å². The highest BCUT2D eigenvalue weighted by molar-refractivity contribution is 4.68. The quantitative estimate of drug-likeness (QED) is 0.508. The molecule has 0 bridgehead atoms. The van der Waals surface area contributed by atoms with Gasteiger partial charge in [0.2, 0.25) is 0 Å². The van der Waals surface area contributed by atoms with Crippen molar-refractivity contribution in [3.05, 3.63) is 0 Å². The van der Waals surface area contributed by atoms with Crippen LogP contribution in [0.25, 0.3) is 0 Å². The van der Waals surface area contributed by atoms with E-state index in [1.165, 1.54) is 32.2 Å². The summed E-state index contributed by atoms with van der Waals surface area (Å²) >= 11 is 0. The molecule has 0 aromatic rings. The number of hydrogen-bond acceptors (Lipinski definition) is 1. The van der Waals surface area contributed by atoms with E-state index < -0.39 is 0 Å². The first kappa shape index (κ1) is 22.2. The van der Waals surface area contributed by atoms with Crippen LogP contribution in [0.3, 0.4) is 0 Å². The normalized spacial score (nSPS) is 13.1. The molecule has 1 atom stereocenters. The predicted molar refractivity (Wildman–Crippen MR) is 95.3 cm³/mol. The van der Waals surface area contributed by atoms with E-state index in [2.05, 4.69) is 53.8 Å². The van der Waals surface area contributed by atoms with Gasteiger partial charge in [0.15, 0.2) is 0 Å². The molecule has 0 saturated heterocycles. The van der Waals surface area contributed by atoms with Crippen molar-refractivity contribution in [3.8, 4) is 0 Å². The van der Waals surface area contributed by atoms with Crippen molar-refractivity contribution in [2.75, 3.05) is 6.54 Å². The molecule has 1 heteroatoms. The lowest BCUT2D eigenvalue weighted by Crippen LogP contribution is -2.29. The maximum atomic E-state index is 3.69. The van der Waals surface area contributed by atoms with Crippen LogP contribution in [-0.2, 0) is 0 Å². The van der Waals surface area contributed by atoms with Crippen LogP contribution in [0.15, 0.2) is 0 Å². The van der Waals surface area contributed by atoms with Crippen molar-refractivity contribution in [1.29, 1.82) is 0 Å². The lowest BCUT2D eigenvalue weighted by molar-refractivity contribution is 0.312. The maximum absolute atomic E-state index is 3.69. The molecule has 0 rings (SSSR count). The Labute approximate surface area is 130 Å². The molecule has 1 N–H and O–H groups in total. The Morgan fingerprint density at radius 2 is 1.05 bits per heavy atom. The van der Waals surface area contributed by atoms with Crippen LogP contribution in [0.2, 0.25) is 0 Å². The minimum absolute atomic E-state index is 0.670. The van der Waals surface area contributed by atoms with Gasteiger partial charge >= 0.3 is 0 Å². The van der Waals surface area contributed by atoms with E-state index in [1.807, 2.05) is 13.8 Å². The summed E-state index contributed by atoms with van der Waals surface area (Å²) in [7, 11) is 0. The molecule has 0 aromatic heterocycles. The molecule has 0 aliphatic heterocycles. The Balaban J connectivity index is 0. The zero-order valence-electron chi connectivity index (χ0n) is 15.9. The van der Waals surface area contributed by atoms with Crippen LogP contribution >= 0.6 is 0 Å². The monoisotopic (exact) mass is 285 g/mol. The summed E-state index contributed by atoms with van der Waals surface area (Å²) in [5.41, 5.74) is 0. The van der Waals surface area contributed by atoms with E-state index in [4.69, 9.17) is 0 Å². The lowest BCUT2D eigenvalue weighted by Gasteiger charge is -2.23. The second kappa shape index (κ2) is 13.9. The van der Waals surface area contributed by atoms with Gasteiger partial charge in [-0.3, -0.25) is 0 Å². The zero-order chi connectivity index (χ0) is 16.1. The summed E-state index contributed by atoms with van der Waals surface area (Å²) in [5, 5.41) is 3.69. The molecular weight excluding hydrogens is 242 g/mol. The zero-order valence-corrected chi connectivity index (χ0v) is 15.9. The molecule has 1 unspecified atom stereocenters. The molecule has 0 aliphatic rings. The molecular formula is C19H43N. The van der Waals surface area contributed by atoms with Gasteiger partial charge in [0.05, 0.1) is 0 Å². The van der Waals surface area contributed by atoms with Crippen LogP contribution in [-0.4, -0.2) is 12.6 Å². The number of rotatable bonds is 10. The van der Waals surface area contributed by atoms with Crippen LogP contribution in [0.4, 0.5) is 0 Å². The van der Waals surface area contributed by atoms with Crippen molar-refractivity contribution in [3.63, 3.8) is 0 Å². The smallest absolute Gasteiger partial charge is 0.00411 e. The van der Waals surface area contributed by atoms with E-state index in [0.717, 1.165) is 23.7 Å². The minimum Gasteiger partial charge on any atom is -0.314 e. The van der Waals surface area contributed by atoms with Crippen LogP contribution in [0, 0.1) is 23.7 Å². The summed E-state index contributed by atoms with van der Waals surface area (Å²) in [6.07, 6.45) is 5.41. The molecule has 0 radical (unpaired) electrons. The fourth-order valence-corrected chi connectivity index (χ4v) is 2.99. The Morgan fingerprint density at radius 3 is 1.40 bits per heavy atom. The number of hydrogen-bond donors (Lipinski definition) is 1. The summed E-state index contributed by atoms with van der Waals surface area (Å²) in [6.45, 7) is 21.5. The minimum atomic E-state index is 0.670. The van der Waals surface area contributed by atoms with Gasteiger partial charge in [-0.15, -0.1) is 0 Å². The first-order valence-electron chi connectivity index (χ1n) is 9.04. The highest BCUT2D eigenvalue weighted by Gasteiger charge is 2.13. The third-order valence-corrected chi connectivity index (χ3v) is 3.48. The van der Waals surface area contributed by atoms with Gasteiger partial charge in [0.25, 0.3) is 0 Å². The van der Waals surface area contributed by atoms with E-state index in [0.29, 0.717) is 6.04 Å². The SMILES string of the molecule is CC.CC(C)CC(CCNC(C)CC(C)C)CC(C)C. The van der Waals surface area contributed by atoms with Gasteiger partial charge in [-0.2, -0.15) is 0 Å². The fraction of sp³-hybridized carbons (Fsp3) is 1.00. The van der Waals surface area contributed by atoms with E-state index >= 15 is 0 Å². The highest BCUT2D eigenvalue weighted by atomic mass is 14.9. The van der Waals surface area contributed by atoms with Crippen molar-refractivity contribution >= 4 is 0 Å². The first-order valence-corrected chi connectivity index (χ1v) is 9.04. The topological polar surface area (TPSA) is 12.0 Å². The average molecular weight is 286 g/mol. The second-order valence-electron chi connectivity index (χ2n) is 7.40. The van der Waals surface area contributed by atoms with E-state index in [-0.39, 0.29) is 0 Å². The van der Waals surface area contributed by atoms with Gasteiger partial charge in [-0.05, 0) is 62.8 Å². The van der Waals surface area contributed by atoms with E-state index in [1.54, 1.807) is 0 Å². The molecule has 20 heavy (non-hydrogen) atoms. The highest BCUT2D eigenvalue weighted by Crippen LogP contribution is 2.22. The first-order chi connectivity index (χ1) is 9.31. The molecule has 0 heterocycles. The van der Waals surface area contributed by atoms with Crippen LogP contribution < -0.4 is 5.32 Å². The lowest BCUT2D eigenvalue weighted by atomic mass is 9.87. The summed E-state index contributed by atoms with van der Waals surface area (Å²) in [4.78, 5) is 0. The van der Waals surface area contributed by atoms with Crippen LogP contribution in [0.1, 0.15) is 88.0 Å². The molecule has 1 nitrogen and oxygen atoms in total. The molecule has 0 fully saturated rings. The Kier molecular flexibility index (Phi) is 15.5. The molecule has 124 valence electrons. The van der Waals surface area contributed by atoms with Crippen molar-refractivity contribution in [2.45, 2.75) is 94.0 Å². The molecule has 0 spiro atoms. The largest absolute Gasteiger partial charge is 0.314 e. The van der Waals surface area contributed by atoms with E-state index in [9.17, 15) is 0 Å².